The number of rotatable bonds is 6. The zero-order chi connectivity index (χ0) is 21.0. The van der Waals surface area contributed by atoms with Crippen LogP contribution >= 0.6 is 11.8 Å². The third kappa shape index (κ3) is 4.91. The molecule has 7 nitrogen and oxygen atoms in total. The molecule has 2 aromatic rings. The van der Waals surface area contributed by atoms with Crippen LogP contribution in [0.15, 0.2) is 52.3 Å². The lowest BCUT2D eigenvalue weighted by molar-refractivity contribution is -0.116. The van der Waals surface area contributed by atoms with E-state index in [9.17, 15) is 18.0 Å². The summed E-state index contributed by atoms with van der Waals surface area (Å²) in [4.78, 5) is 25.1. The fourth-order valence-electron chi connectivity index (χ4n) is 2.93. The number of para-hydroxylation sites is 2. The molecule has 2 aromatic carbocycles. The number of methoxy groups -OCH3 is 1. The Labute approximate surface area is 174 Å². The van der Waals surface area contributed by atoms with E-state index in [0.29, 0.717) is 29.3 Å². The van der Waals surface area contributed by atoms with Gasteiger partial charge in [-0.25, -0.2) is 8.42 Å². The zero-order valence-corrected chi connectivity index (χ0v) is 17.7. The van der Waals surface area contributed by atoms with E-state index in [1.807, 2.05) is 0 Å². The maximum Gasteiger partial charge on any atom is 0.225 e. The lowest BCUT2D eigenvalue weighted by Crippen LogP contribution is -2.25. The molecule has 1 heterocycles. The van der Waals surface area contributed by atoms with Gasteiger partial charge in [0.25, 0.3) is 0 Å². The molecule has 3 rings (SSSR count). The molecule has 2 amide bonds. The Morgan fingerprint density at radius 1 is 1.28 bits per heavy atom. The quantitative estimate of drug-likeness (QED) is 0.723. The lowest BCUT2D eigenvalue weighted by atomic mass is 10.2. The minimum absolute atomic E-state index is 0.0802. The van der Waals surface area contributed by atoms with E-state index < -0.39 is 21.0 Å². The van der Waals surface area contributed by atoms with Gasteiger partial charge in [0.1, 0.15) is 5.75 Å². The molecule has 1 atom stereocenters. The smallest absolute Gasteiger partial charge is 0.225 e. The molecule has 2 N–H and O–H groups in total. The van der Waals surface area contributed by atoms with Crippen molar-refractivity contribution in [2.24, 2.45) is 0 Å². The van der Waals surface area contributed by atoms with Crippen LogP contribution in [-0.2, 0) is 19.4 Å². The number of nitrogens with one attached hydrogen (secondary N) is 2. The summed E-state index contributed by atoms with van der Waals surface area (Å²) in [7, 11) is -2.26. The Balaban J connectivity index is 1.75. The molecule has 154 valence electrons. The van der Waals surface area contributed by atoms with Crippen LogP contribution in [0.3, 0.4) is 0 Å². The maximum absolute atomic E-state index is 13.0. The third-order valence-corrected chi connectivity index (χ3v) is 7.74. The van der Waals surface area contributed by atoms with Crippen molar-refractivity contribution in [2.75, 3.05) is 23.5 Å². The molecule has 0 unspecified atom stereocenters. The third-order valence-electron chi connectivity index (χ3n) is 4.52. The highest BCUT2D eigenvalue weighted by molar-refractivity contribution is 7.99. The largest absolute Gasteiger partial charge is 0.495 e. The van der Waals surface area contributed by atoms with Gasteiger partial charge in [0, 0.05) is 23.5 Å². The maximum atomic E-state index is 13.0. The van der Waals surface area contributed by atoms with E-state index in [0.717, 1.165) is 4.90 Å². The van der Waals surface area contributed by atoms with Crippen LogP contribution in [0.1, 0.15) is 19.8 Å². The topological polar surface area (TPSA) is 102 Å². The zero-order valence-electron chi connectivity index (χ0n) is 16.1. The van der Waals surface area contributed by atoms with Crippen molar-refractivity contribution in [1.82, 2.24) is 0 Å². The summed E-state index contributed by atoms with van der Waals surface area (Å²) in [5.74, 6) is 0.569. The number of ether oxygens (including phenoxy) is 1. The summed E-state index contributed by atoms with van der Waals surface area (Å²) >= 11 is 1.50. The van der Waals surface area contributed by atoms with E-state index in [4.69, 9.17) is 4.74 Å². The second kappa shape index (κ2) is 8.87. The molecule has 0 aliphatic carbocycles. The molecule has 0 spiro atoms. The van der Waals surface area contributed by atoms with Crippen LogP contribution in [0.4, 0.5) is 11.4 Å². The number of sulfone groups is 1. The lowest BCUT2D eigenvalue weighted by Gasteiger charge is -2.16. The Hall–Kier alpha value is -2.52. The molecule has 0 saturated heterocycles. The van der Waals surface area contributed by atoms with E-state index >= 15 is 0 Å². The van der Waals surface area contributed by atoms with Gasteiger partial charge in [-0.15, -0.1) is 11.8 Å². The van der Waals surface area contributed by atoms with Crippen LogP contribution in [0.2, 0.25) is 0 Å². The van der Waals surface area contributed by atoms with Gasteiger partial charge in [-0.3, -0.25) is 9.59 Å². The molecule has 0 aromatic heterocycles. The SMILES string of the molecule is COc1ccccc1NC(=O)C[C@H](C)S(=O)(=O)c1ccc2c(c1)NC(=O)CCS2. The van der Waals surface area contributed by atoms with Crippen molar-refractivity contribution in [3.05, 3.63) is 42.5 Å². The molecule has 29 heavy (non-hydrogen) atoms. The van der Waals surface area contributed by atoms with Gasteiger partial charge in [-0.1, -0.05) is 12.1 Å². The van der Waals surface area contributed by atoms with Crippen LogP contribution in [0.5, 0.6) is 5.75 Å². The first kappa shape index (κ1) is 21.2. The minimum atomic E-state index is -3.76. The van der Waals surface area contributed by atoms with Crippen molar-refractivity contribution in [3.8, 4) is 5.75 Å². The number of anilines is 2. The normalized spacial score (nSPS) is 14.9. The monoisotopic (exact) mass is 434 g/mol. The predicted octanol–water partition coefficient (Wildman–Crippen LogP) is 3.32. The number of hydrogen-bond donors (Lipinski definition) is 2. The van der Waals surface area contributed by atoms with Crippen LogP contribution in [0, 0.1) is 0 Å². The molecule has 1 aliphatic heterocycles. The van der Waals surface area contributed by atoms with Crippen molar-refractivity contribution in [3.63, 3.8) is 0 Å². The molecule has 0 saturated carbocycles. The number of amides is 2. The Morgan fingerprint density at radius 3 is 2.79 bits per heavy atom. The summed E-state index contributed by atoms with van der Waals surface area (Å²) in [5.41, 5.74) is 0.971. The number of carbonyl (C=O) groups excluding carboxylic acids is 2. The predicted molar refractivity (Wildman–Crippen MR) is 113 cm³/mol. The molecular formula is C20H22N2O5S2. The highest BCUT2D eigenvalue weighted by Crippen LogP contribution is 2.33. The molecular weight excluding hydrogens is 412 g/mol. The number of hydrogen-bond acceptors (Lipinski definition) is 6. The first-order valence-electron chi connectivity index (χ1n) is 9.04. The number of carbonyl (C=O) groups is 2. The van der Waals surface area contributed by atoms with Gasteiger partial charge in [0.05, 0.1) is 28.6 Å². The van der Waals surface area contributed by atoms with Crippen molar-refractivity contribution < 1.29 is 22.7 Å². The second-order valence-corrected chi connectivity index (χ2v) is 10.1. The molecule has 0 bridgehead atoms. The summed E-state index contributed by atoms with van der Waals surface area (Å²) < 4.78 is 31.1. The summed E-state index contributed by atoms with van der Waals surface area (Å²) in [6.07, 6.45) is 0.166. The Morgan fingerprint density at radius 2 is 2.03 bits per heavy atom. The van der Waals surface area contributed by atoms with Gasteiger partial charge in [-0.05, 0) is 37.3 Å². The second-order valence-electron chi connectivity index (χ2n) is 6.61. The van der Waals surface area contributed by atoms with E-state index in [1.165, 1.54) is 37.9 Å². The van der Waals surface area contributed by atoms with Gasteiger partial charge in [0.2, 0.25) is 11.8 Å². The van der Waals surface area contributed by atoms with Gasteiger partial charge in [-0.2, -0.15) is 0 Å². The van der Waals surface area contributed by atoms with Crippen LogP contribution in [0.25, 0.3) is 0 Å². The fraction of sp³-hybridized carbons (Fsp3) is 0.300. The first-order chi connectivity index (χ1) is 13.8. The van der Waals surface area contributed by atoms with Crippen LogP contribution in [-0.4, -0.2) is 38.3 Å². The molecule has 0 radical (unpaired) electrons. The number of fused-ring (bicyclic) bond motifs is 1. The molecule has 0 fully saturated rings. The highest BCUT2D eigenvalue weighted by atomic mass is 32.2. The van der Waals surface area contributed by atoms with Gasteiger partial charge >= 0.3 is 0 Å². The average molecular weight is 435 g/mol. The molecule has 1 aliphatic rings. The number of benzene rings is 2. The fourth-order valence-corrected chi connectivity index (χ4v) is 5.24. The van der Waals surface area contributed by atoms with E-state index in [2.05, 4.69) is 10.6 Å². The Kier molecular flexibility index (Phi) is 6.49. The van der Waals surface area contributed by atoms with Crippen molar-refractivity contribution >= 4 is 44.8 Å². The van der Waals surface area contributed by atoms with Crippen molar-refractivity contribution in [1.29, 1.82) is 0 Å². The Bertz CT molecular complexity index is 1040. The van der Waals surface area contributed by atoms with E-state index in [-0.39, 0.29) is 17.2 Å². The number of thioether (sulfide) groups is 1. The van der Waals surface area contributed by atoms with Crippen molar-refractivity contribution in [2.45, 2.75) is 34.8 Å². The van der Waals surface area contributed by atoms with Crippen LogP contribution < -0.4 is 15.4 Å². The standard InChI is InChI=1S/C20H22N2O5S2/c1-13(11-20(24)21-15-5-3-4-6-17(15)27-2)29(25,26)14-7-8-18-16(12-14)22-19(23)9-10-28-18/h3-8,12-13H,9-11H2,1-2H3,(H,21,24)(H,22,23)/t13-/m0/s1. The van der Waals surface area contributed by atoms with Gasteiger partial charge < -0.3 is 15.4 Å². The molecule has 9 heteroatoms. The van der Waals surface area contributed by atoms with E-state index in [1.54, 1.807) is 30.3 Å². The minimum Gasteiger partial charge on any atom is -0.495 e. The summed E-state index contributed by atoms with van der Waals surface area (Å²) in [6.45, 7) is 1.50. The summed E-state index contributed by atoms with van der Waals surface area (Å²) in [5, 5.41) is 4.49. The summed E-state index contributed by atoms with van der Waals surface area (Å²) in [6, 6.07) is 11.6. The first-order valence-corrected chi connectivity index (χ1v) is 11.6. The average Bonchev–Trinajstić information content (AvgIpc) is 2.88. The van der Waals surface area contributed by atoms with Gasteiger partial charge in [0.15, 0.2) is 9.84 Å². The highest BCUT2D eigenvalue weighted by Gasteiger charge is 2.27.